The molecular formula is C22H24O3. The Bertz CT molecular complexity index is 805. The molecule has 0 amide bonds. The summed E-state index contributed by atoms with van der Waals surface area (Å²) in [6.45, 7) is 2.09. The van der Waals surface area contributed by atoms with E-state index in [1.807, 2.05) is 24.3 Å². The first-order valence-corrected chi connectivity index (χ1v) is 8.38. The summed E-state index contributed by atoms with van der Waals surface area (Å²) in [5.74, 6) is 0.900. The van der Waals surface area contributed by atoms with Gasteiger partial charge in [-0.15, -0.1) is 0 Å². The standard InChI is InChI=1S/C22H24O3/c1-15-18(10-6-12-20(15)23-2)16-8-5-9-17(14-16)19-11-7-13-21(24-3)22(19)25-4/h5-14,21-22H,1-4H3. The lowest BCUT2D eigenvalue weighted by Crippen LogP contribution is -2.31. The summed E-state index contributed by atoms with van der Waals surface area (Å²) in [7, 11) is 5.13. The maximum Gasteiger partial charge on any atom is 0.122 e. The minimum absolute atomic E-state index is 0.0767. The zero-order chi connectivity index (χ0) is 17.8. The molecule has 3 rings (SSSR count). The van der Waals surface area contributed by atoms with Crippen LogP contribution in [-0.2, 0) is 9.47 Å². The molecule has 25 heavy (non-hydrogen) atoms. The van der Waals surface area contributed by atoms with E-state index in [0.29, 0.717) is 0 Å². The van der Waals surface area contributed by atoms with E-state index >= 15 is 0 Å². The largest absolute Gasteiger partial charge is 0.496 e. The van der Waals surface area contributed by atoms with Crippen molar-refractivity contribution in [3.8, 4) is 16.9 Å². The predicted molar refractivity (Wildman–Crippen MR) is 102 cm³/mol. The summed E-state index contributed by atoms with van der Waals surface area (Å²) in [5, 5.41) is 0. The molecule has 0 spiro atoms. The lowest BCUT2D eigenvalue weighted by molar-refractivity contribution is 0.0195. The molecule has 2 aromatic carbocycles. The van der Waals surface area contributed by atoms with Gasteiger partial charge in [0.1, 0.15) is 18.0 Å². The summed E-state index contributed by atoms with van der Waals surface area (Å²) in [5.41, 5.74) is 5.73. The van der Waals surface area contributed by atoms with E-state index in [-0.39, 0.29) is 12.2 Å². The first-order valence-electron chi connectivity index (χ1n) is 8.38. The average molecular weight is 336 g/mol. The number of hydrogen-bond acceptors (Lipinski definition) is 3. The molecule has 2 unspecified atom stereocenters. The fraction of sp³-hybridized carbons (Fsp3) is 0.273. The molecule has 0 N–H and O–H groups in total. The maximum absolute atomic E-state index is 5.70. The second kappa shape index (κ2) is 7.68. The third-order valence-electron chi connectivity index (χ3n) is 4.72. The summed E-state index contributed by atoms with van der Waals surface area (Å²) < 4.78 is 16.7. The van der Waals surface area contributed by atoms with Crippen LogP contribution in [0.1, 0.15) is 11.1 Å². The van der Waals surface area contributed by atoms with Crippen molar-refractivity contribution in [2.24, 2.45) is 0 Å². The SMILES string of the molecule is COc1cccc(-c2cccc(C3=CC=CC(OC)C3OC)c2)c1C. The number of hydrogen-bond donors (Lipinski definition) is 0. The fourth-order valence-electron chi connectivity index (χ4n) is 3.38. The molecule has 0 saturated heterocycles. The van der Waals surface area contributed by atoms with E-state index in [1.54, 1.807) is 21.3 Å². The van der Waals surface area contributed by atoms with Gasteiger partial charge in [-0.25, -0.2) is 0 Å². The van der Waals surface area contributed by atoms with E-state index in [1.165, 1.54) is 5.56 Å². The van der Waals surface area contributed by atoms with Gasteiger partial charge < -0.3 is 14.2 Å². The number of methoxy groups -OCH3 is 3. The lowest BCUT2D eigenvalue weighted by atomic mass is 9.90. The molecule has 0 radical (unpaired) electrons. The quantitative estimate of drug-likeness (QED) is 0.795. The molecule has 0 aromatic heterocycles. The topological polar surface area (TPSA) is 27.7 Å². The second-order valence-corrected chi connectivity index (χ2v) is 6.08. The molecule has 1 aliphatic rings. The van der Waals surface area contributed by atoms with E-state index in [4.69, 9.17) is 14.2 Å². The van der Waals surface area contributed by atoms with Crippen LogP contribution in [0.4, 0.5) is 0 Å². The van der Waals surface area contributed by atoms with Crippen molar-refractivity contribution in [3.63, 3.8) is 0 Å². The summed E-state index contributed by atoms with van der Waals surface area (Å²) >= 11 is 0. The Morgan fingerprint density at radius 2 is 1.64 bits per heavy atom. The minimum Gasteiger partial charge on any atom is -0.496 e. The first kappa shape index (κ1) is 17.5. The van der Waals surface area contributed by atoms with Crippen LogP contribution in [0.5, 0.6) is 5.75 Å². The number of rotatable bonds is 5. The lowest BCUT2D eigenvalue weighted by Gasteiger charge is -2.28. The van der Waals surface area contributed by atoms with Crippen LogP contribution < -0.4 is 4.74 Å². The predicted octanol–water partition coefficient (Wildman–Crippen LogP) is 4.65. The maximum atomic E-state index is 5.70. The van der Waals surface area contributed by atoms with Crippen LogP contribution >= 0.6 is 0 Å². The molecule has 1 aliphatic carbocycles. The highest BCUT2D eigenvalue weighted by Gasteiger charge is 2.26. The molecule has 0 aliphatic heterocycles. The van der Waals surface area contributed by atoms with Crippen molar-refractivity contribution in [1.82, 2.24) is 0 Å². The third-order valence-corrected chi connectivity index (χ3v) is 4.72. The van der Waals surface area contributed by atoms with Crippen LogP contribution in [0, 0.1) is 6.92 Å². The van der Waals surface area contributed by atoms with Crippen molar-refractivity contribution < 1.29 is 14.2 Å². The normalized spacial score (nSPS) is 19.6. The molecule has 3 heteroatoms. The van der Waals surface area contributed by atoms with Crippen LogP contribution in [0.25, 0.3) is 16.7 Å². The van der Waals surface area contributed by atoms with Crippen LogP contribution in [0.3, 0.4) is 0 Å². The zero-order valence-corrected chi connectivity index (χ0v) is 15.2. The minimum atomic E-state index is -0.114. The van der Waals surface area contributed by atoms with E-state index < -0.39 is 0 Å². The molecule has 0 fully saturated rings. The highest BCUT2D eigenvalue weighted by Crippen LogP contribution is 2.33. The summed E-state index contributed by atoms with van der Waals surface area (Å²) in [4.78, 5) is 0. The van der Waals surface area contributed by atoms with Gasteiger partial charge in [0, 0.05) is 14.2 Å². The van der Waals surface area contributed by atoms with Crippen molar-refractivity contribution in [2.45, 2.75) is 19.1 Å². The van der Waals surface area contributed by atoms with Gasteiger partial charge in [-0.05, 0) is 46.9 Å². The van der Waals surface area contributed by atoms with Gasteiger partial charge in [-0.3, -0.25) is 0 Å². The summed E-state index contributed by atoms with van der Waals surface area (Å²) in [6, 6.07) is 14.7. The van der Waals surface area contributed by atoms with Crippen molar-refractivity contribution in [1.29, 1.82) is 0 Å². The molecule has 2 aromatic rings. The van der Waals surface area contributed by atoms with E-state index in [2.05, 4.69) is 43.3 Å². The zero-order valence-electron chi connectivity index (χ0n) is 15.2. The van der Waals surface area contributed by atoms with Crippen LogP contribution in [-0.4, -0.2) is 33.5 Å². The Kier molecular flexibility index (Phi) is 5.37. The van der Waals surface area contributed by atoms with E-state index in [9.17, 15) is 0 Å². The molecule has 130 valence electrons. The van der Waals surface area contributed by atoms with Gasteiger partial charge in [-0.1, -0.05) is 48.6 Å². The molecular weight excluding hydrogens is 312 g/mol. The molecule has 3 nitrogen and oxygen atoms in total. The monoisotopic (exact) mass is 336 g/mol. The third kappa shape index (κ3) is 3.39. The highest BCUT2D eigenvalue weighted by molar-refractivity contribution is 5.78. The first-order chi connectivity index (χ1) is 12.2. The number of ether oxygens (including phenoxy) is 3. The number of benzene rings is 2. The Morgan fingerprint density at radius 1 is 0.880 bits per heavy atom. The highest BCUT2D eigenvalue weighted by atomic mass is 16.5. The van der Waals surface area contributed by atoms with Crippen LogP contribution in [0.15, 0.2) is 60.7 Å². The van der Waals surface area contributed by atoms with Gasteiger partial charge in [0.05, 0.1) is 7.11 Å². The Labute approximate surface area is 149 Å². The van der Waals surface area contributed by atoms with Crippen molar-refractivity contribution >= 4 is 5.57 Å². The average Bonchev–Trinajstić information content (AvgIpc) is 2.67. The van der Waals surface area contributed by atoms with E-state index in [0.717, 1.165) is 28.0 Å². The van der Waals surface area contributed by atoms with Crippen LogP contribution in [0.2, 0.25) is 0 Å². The molecule has 2 atom stereocenters. The smallest absolute Gasteiger partial charge is 0.122 e. The summed E-state index contributed by atoms with van der Waals surface area (Å²) in [6.07, 6.45) is 5.96. The Balaban J connectivity index is 2.03. The Morgan fingerprint density at radius 3 is 2.36 bits per heavy atom. The molecule has 0 saturated carbocycles. The van der Waals surface area contributed by atoms with Crippen molar-refractivity contribution in [2.75, 3.05) is 21.3 Å². The van der Waals surface area contributed by atoms with Gasteiger partial charge in [0.15, 0.2) is 0 Å². The van der Waals surface area contributed by atoms with Gasteiger partial charge >= 0.3 is 0 Å². The van der Waals surface area contributed by atoms with Crippen molar-refractivity contribution in [3.05, 3.63) is 71.8 Å². The molecule has 0 heterocycles. The van der Waals surface area contributed by atoms with Gasteiger partial charge in [0.2, 0.25) is 0 Å². The fourth-order valence-corrected chi connectivity index (χ4v) is 3.38. The Hall–Kier alpha value is -2.36. The van der Waals surface area contributed by atoms with Gasteiger partial charge in [-0.2, -0.15) is 0 Å². The second-order valence-electron chi connectivity index (χ2n) is 6.08. The van der Waals surface area contributed by atoms with Gasteiger partial charge in [0.25, 0.3) is 0 Å². The molecule has 0 bridgehead atoms. The number of allylic oxidation sites excluding steroid dienone is 2.